The van der Waals surface area contributed by atoms with E-state index in [0.29, 0.717) is 23.6 Å². The van der Waals surface area contributed by atoms with Crippen LogP contribution in [0.5, 0.6) is 5.75 Å². The molecule has 0 saturated carbocycles. The van der Waals surface area contributed by atoms with Crippen LogP contribution in [-0.4, -0.2) is 23.5 Å². The Labute approximate surface area is 168 Å². The minimum absolute atomic E-state index is 0.0647. The number of anilines is 2. The molecule has 0 fully saturated rings. The maximum Gasteiger partial charge on any atom is 0.342 e. The molecule has 0 bridgehead atoms. The summed E-state index contributed by atoms with van der Waals surface area (Å²) in [5.41, 5.74) is 7.44. The number of carbonyl (C=O) groups is 2. The number of esters is 1. The molecule has 2 aromatic carbocycles. The lowest BCUT2D eigenvalue weighted by molar-refractivity contribution is 0.0473. The van der Waals surface area contributed by atoms with Gasteiger partial charge in [-0.3, -0.25) is 4.79 Å². The fourth-order valence-corrected chi connectivity index (χ4v) is 2.60. The fourth-order valence-electron chi connectivity index (χ4n) is 2.60. The molecule has 29 heavy (non-hydrogen) atoms. The first-order chi connectivity index (χ1) is 14.1. The molecule has 3 aromatic rings. The van der Waals surface area contributed by atoms with Crippen molar-refractivity contribution >= 4 is 23.4 Å². The van der Waals surface area contributed by atoms with Crippen LogP contribution < -0.4 is 15.8 Å². The number of hydrogen-bond donors (Lipinski definition) is 2. The van der Waals surface area contributed by atoms with Crippen molar-refractivity contribution in [2.24, 2.45) is 5.73 Å². The van der Waals surface area contributed by atoms with Crippen LogP contribution >= 0.6 is 0 Å². The summed E-state index contributed by atoms with van der Waals surface area (Å²) in [6.45, 7) is 2.58. The molecular formula is C22H21N3O4. The summed E-state index contributed by atoms with van der Waals surface area (Å²) in [4.78, 5) is 27.9. The Bertz CT molecular complexity index is 986. The van der Waals surface area contributed by atoms with Crippen molar-refractivity contribution in [3.8, 4) is 5.75 Å². The normalized spacial score (nSPS) is 10.2. The first-order valence-electron chi connectivity index (χ1n) is 9.07. The molecule has 0 aliphatic carbocycles. The summed E-state index contributed by atoms with van der Waals surface area (Å²) < 4.78 is 10.8. The highest BCUT2D eigenvalue weighted by Crippen LogP contribution is 2.22. The Morgan fingerprint density at radius 2 is 1.76 bits per heavy atom. The molecule has 3 rings (SSSR count). The highest BCUT2D eigenvalue weighted by Gasteiger charge is 2.14. The molecule has 0 unspecified atom stereocenters. The smallest absolute Gasteiger partial charge is 0.342 e. The summed E-state index contributed by atoms with van der Waals surface area (Å²) in [7, 11) is 0. The number of carbonyl (C=O) groups excluding carboxylic acids is 2. The molecule has 0 radical (unpaired) electrons. The predicted molar refractivity (Wildman–Crippen MR) is 109 cm³/mol. The second-order valence-electron chi connectivity index (χ2n) is 6.12. The summed E-state index contributed by atoms with van der Waals surface area (Å²) in [6.07, 6.45) is 1.59. The van der Waals surface area contributed by atoms with E-state index >= 15 is 0 Å². The van der Waals surface area contributed by atoms with Gasteiger partial charge in [-0.15, -0.1) is 0 Å². The van der Waals surface area contributed by atoms with E-state index in [1.54, 1.807) is 42.6 Å². The molecule has 7 nitrogen and oxygen atoms in total. The predicted octanol–water partition coefficient (Wildman–Crippen LogP) is 3.68. The summed E-state index contributed by atoms with van der Waals surface area (Å²) in [5.74, 6) is 0.145. The zero-order valence-electron chi connectivity index (χ0n) is 15.9. The van der Waals surface area contributed by atoms with Crippen molar-refractivity contribution in [1.82, 2.24) is 4.98 Å². The SMILES string of the molecule is CCOc1ccc(Nc2ncccc2C(=O)OCc2ccc(C(N)=O)cc2)cc1. The van der Waals surface area contributed by atoms with E-state index in [0.717, 1.165) is 17.0 Å². The number of hydrogen-bond acceptors (Lipinski definition) is 6. The van der Waals surface area contributed by atoms with Crippen molar-refractivity contribution in [2.75, 3.05) is 11.9 Å². The number of rotatable bonds is 8. The van der Waals surface area contributed by atoms with Gasteiger partial charge in [0.15, 0.2) is 0 Å². The quantitative estimate of drug-likeness (QED) is 0.568. The molecule has 7 heteroatoms. The Hall–Kier alpha value is -3.87. The molecule has 0 atom stereocenters. The molecule has 0 aliphatic rings. The average Bonchev–Trinajstić information content (AvgIpc) is 2.74. The van der Waals surface area contributed by atoms with Gasteiger partial charge in [0, 0.05) is 17.4 Å². The second kappa shape index (κ2) is 9.36. The van der Waals surface area contributed by atoms with E-state index in [9.17, 15) is 9.59 Å². The monoisotopic (exact) mass is 391 g/mol. The largest absolute Gasteiger partial charge is 0.494 e. The lowest BCUT2D eigenvalue weighted by Crippen LogP contribution is -2.11. The highest BCUT2D eigenvalue weighted by molar-refractivity contribution is 5.95. The third-order valence-corrected chi connectivity index (χ3v) is 4.06. The van der Waals surface area contributed by atoms with Crippen LogP contribution in [-0.2, 0) is 11.3 Å². The van der Waals surface area contributed by atoms with E-state index in [4.69, 9.17) is 15.2 Å². The Kier molecular flexibility index (Phi) is 6.42. The van der Waals surface area contributed by atoms with Gasteiger partial charge in [-0.1, -0.05) is 12.1 Å². The van der Waals surface area contributed by atoms with E-state index in [2.05, 4.69) is 10.3 Å². The molecule has 0 aliphatic heterocycles. The van der Waals surface area contributed by atoms with Crippen LogP contribution in [0, 0.1) is 0 Å². The summed E-state index contributed by atoms with van der Waals surface area (Å²) in [6, 6.07) is 17.2. The van der Waals surface area contributed by atoms with Crippen LogP contribution in [0.25, 0.3) is 0 Å². The first kappa shape index (κ1) is 19.9. The van der Waals surface area contributed by atoms with Gasteiger partial charge >= 0.3 is 5.97 Å². The lowest BCUT2D eigenvalue weighted by Gasteiger charge is -2.11. The van der Waals surface area contributed by atoms with E-state index in [1.165, 1.54) is 0 Å². The molecule has 3 N–H and O–H groups in total. The minimum atomic E-state index is -0.509. The van der Waals surface area contributed by atoms with Gasteiger partial charge in [-0.05, 0) is 61.0 Å². The van der Waals surface area contributed by atoms with Crippen LogP contribution in [0.3, 0.4) is 0 Å². The molecule has 1 amide bonds. The third kappa shape index (κ3) is 5.32. The number of nitrogens with zero attached hydrogens (tertiary/aromatic N) is 1. The van der Waals surface area contributed by atoms with Gasteiger partial charge in [-0.25, -0.2) is 9.78 Å². The molecule has 1 aromatic heterocycles. The van der Waals surface area contributed by atoms with Gasteiger partial charge in [0.05, 0.1) is 6.61 Å². The number of nitrogens with two attached hydrogens (primary N) is 1. The molecular weight excluding hydrogens is 370 g/mol. The zero-order valence-corrected chi connectivity index (χ0v) is 15.9. The van der Waals surface area contributed by atoms with Gasteiger partial charge < -0.3 is 20.5 Å². The molecule has 1 heterocycles. The van der Waals surface area contributed by atoms with Crippen molar-refractivity contribution in [1.29, 1.82) is 0 Å². The van der Waals surface area contributed by atoms with Crippen molar-refractivity contribution < 1.29 is 19.1 Å². The molecule has 0 saturated heterocycles. The van der Waals surface area contributed by atoms with Crippen LogP contribution in [0.4, 0.5) is 11.5 Å². The average molecular weight is 391 g/mol. The van der Waals surface area contributed by atoms with Crippen LogP contribution in [0.2, 0.25) is 0 Å². The second-order valence-corrected chi connectivity index (χ2v) is 6.12. The third-order valence-electron chi connectivity index (χ3n) is 4.06. The van der Waals surface area contributed by atoms with Gasteiger partial charge in [-0.2, -0.15) is 0 Å². The number of aromatic nitrogens is 1. The number of benzene rings is 2. The Morgan fingerprint density at radius 1 is 1.03 bits per heavy atom. The van der Waals surface area contributed by atoms with Crippen LogP contribution in [0.15, 0.2) is 66.9 Å². The zero-order chi connectivity index (χ0) is 20.6. The summed E-state index contributed by atoms with van der Waals surface area (Å²) >= 11 is 0. The number of primary amides is 1. The fraction of sp³-hybridized carbons (Fsp3) is 0.136. The number of nitrogens with one attached hydrogen (secondary N) is 1. The molecule has 0 spiro atoms. The maximum absolute atomic E-state index is 12.5. The Balaban J connectivity index is 1.67. The first-order valence-corrected chi connectivity index (χ1v) is 9.07. The van der Waals surface area contributed by atoms with Crippen molar-refractivity contribution in [3.63, 3.8) is 0 Å². The highest BCUT2D eigenvalue weighted by atomic mass is 16.5. The van der Waals surface area contributed by atoms with Gasteiger partial charge in [0.2, 0.25) is 5.91 Å². The number of pyridine rings is 1. The molecule has 148 valence electrons. The topological polar surface area (TPSA) is 104 Å². The van der Waals surface area contributed by atoms with Crippen molar-refractivity contribution in [3.05, 3.63) is 83.6 Å². The van der Waals surface area contributed by atoms with E-state index in [-0.39, 0.29) is 6.61 Å². The maximum atomic E-state index is 12.5. The van der Waals surface area contributed by atoms with Crippen molar-refractivity contribution in [2.45, 2.75) is 13.5 Å². The standard InChI is InChI=1S/C22H21N3O4/c1-2-28-18-11-9-17(10-12-18)25-21-19(4-3-13-24-21)22(27)29-14-15-5-7-16(8-6-15)20(23)26/h3-13H,2,14H2,1H3,(H2,23,26)(H,24,25). The summed E-state index contributed by atoms with van der Waals surface area (Å²) in [5, 5.41) is 3.12. The van der Waals surface area contributed by atoms with Crippen LogP contribution in [0.1, 0.15) is 33.2 Å². The van der Waals surface area contributed by atoms with E-state index in [1.807, 2.05) is 31.2 Å². The van der Waals surface area contributed by atoms with E-state index < -0.39 is 11.9 Å². The van der Waals surface area contributed by atoms with Gasteiger partial charge in [0.1, 0.15) is 23.7 Å². The number of ether oxygens (including phenoxy) is 2. The minimum Gasteiger partial charge on any atom is -0.494 e. The van der Waals surface area contributed by atoms with Gasteiger partial charge in [0.25, 0.3) is 0 Å². The number of amides is 1. The lowest BCUT2D eigenvalue weighted by atomic mass is 10.1. The Morgan fingerprint density at radius 3 is 2.41 bits per heavy atom.